The topological polar surface area (TPSA) is 59.3 Å². The molecule has 1 amide bonds. The van der Waals surface area contributed by atoms with Crippen molar-refractivity contribution in [3.63, 3.8) is 0 Å². The van der Waals surface area contributed by atoms with Crippen LogP contribution < -0.4 is 5.32 Å². The van der Waals surface area contributed by atoms with Gasteiger partial charge in [-0.05, 0) is 13.0 Å². The zero-order chi connectivity index (χ0) is 9.97. The van der Waals surface area contributed by atoms with Gasteiger partial charge >= 0.3 is 0 Å². The number of nitrogens with one attached hydrogen (secondary N) is 1. The van der Waals surface area contributed by atoms with Crippen LogP contribution in [0.15, 0.2) is 24.5 Å². The lowest BCUT2D eigenvalue weighted by atomic mass is 10.4. The molecule has 0 unspecified atom stereocenters. The number of carbonyl (C=O) groups excluding carboxylic acids is 1. The van der Waals surface area contributed by atoms with E-state index in [0.717, 1.165) is 0 Å². The average Bonchev–Trinajstić information content (AvgIpc) is 2.61. The molecule has 14 heavy (non-hydrogen) atoms. The van der Waals surface area contributed by atoms with Crippen molar-refractivity contribution in [3.8, 4) is 0 Å². The average molecular weight is 190 g/mol. The van der Waals surface area contributed by atoms with Crippen molar-refractivity contribution in [2.75, 3.05) is 6.54 Å². The molecule has 1 N–H and O–H groups in total. The Kier molecular flexibility index (Phi) is 2.14. The first-order valence-electron chi connectivity index (χ1n) is 4.40. The maximum atomic E-state index is 11.4. The summed E-state index contributed by atoms with van der Waals surface area (Å²) >= 11 is 0. The summed E-state index contributed by atoms with van der Waals surface area (Å²) in [6.07, 6.45) is 3.42. The molecule has 0 aromatic carbocycles. The third-order valence-corrected chi connectivity index (χ3v) is 1.81. The van der Waals surface area contributed by atoms with E-state index in [1.54, 1.807) is 29.0 Å². The van der Waals surface area contributed by atoms with Gasteiger partial charge in [0.25, 0.3) is 5.91 Å². The quantitative estimate of drug-likeness (QED) is 0.749. The Hall–Kier alpha value is -1.91. The van der Waals surface area contributed by atoms with Gasteiger partial charge in [0.2, 0.25) is 0 Å². The highest BCUT2D eigenvalue weighted by Gasteiger charge is 2.09. The molecule has 0 saturated heterocycles. The van der Waals surface area contributed by atoms with E-state index in [-0.39, 0.29) is 5.91 Å². The van der Waals surface area contributed by atoms with Gasteiger partial charge in [0, 0.05) is 25.0 Å². The fraction of sp³-hybridized carbons (Fsp3) is 0.222. The van der Waals surface area contributed by atoms with E-state index in [1.807, 2.05) is 6.92 Å². The Balaban J connectivity index is 2.40. The standard InChI is InChI=1S/C9H10N4O/c1-2-10-9(14)7-6-8-11-4-3-5-13(8)12-7/h3-6H,2H2,1H3,(H,10,14). The lowest BCUT2D eigenvalue weighted by molar-refractivity contribution is 0.0950. The van der Waals surface area contributed by atoms with Gasteiger partial charge in [-0.3, -0.25) is 4.79 Å². The normalized spacial score (nSPS) is 10.4. The molecule has 0 aliphatic carbocycles. The largest absolute Gasteiger partial charge is 0.351 e. The summed E-state index contributed by atoms with van der Waals surface area (Å²) < 4.78 is 1.57. The van der Waals surface area contributed by atoms with Gasteiger partial charge in [0.15, 0.2) is 11.3 Å². The molecule has 0 aliphatic heterocycles. The zero-order valence-corrected chi connectivity index (χ0v) is 7.77. The molecule has 2 aromatic rings. The van der Waals surface area contributed by atoms with Crippen LogP contribution in [0.4, 0.5) is 0 Å². The first kappa shape index (κ1) is 8.68. The van der Waals surface area contributed by atoms with Crippen LogP contribution in [-0.4, -0.2) is 27.0 Å². The number of hydrogen-bond acceptors (Lipinski definition) is 3. The minimum atomic E-state index is -0.169. The molecule has 0 bridgehead atoms. The second kappa shape index (κ2) is 3.45. The van der Waals surface area contributed by atoms with Crippen LogP contribution in [0.25, 0.3) is 5.65 Å². The monoisotopic (exact) mass is 190 g/mol. The summed E-state index contributed by atoms with van der Waals surface area (Å²) in [6.45, 7) is 2.46. The molecule has 2 aromatic heterocycles. The molecule has 72 valence electrons. The van der Waals surface area contributed by atoms with Gasteiger partial charge in [-0.2, -0.15) is 5.10 Å². The van der Waals surface area contributed by atoms with E-state index < -0.39 is 0 Å². The summed E-state index contributed by atoms with van der Waals surface area (Å²) in [7, 11) is 0. The molecule has 0 fully saturated rings. The van der Waals surface area contributed by atoms with Crippen LogP contribution in [0, 0.1) is 0 Å². The number of hydrogen-bond donors (Lipinski definition) is 1. The van der Waals surface area contributed by atoms with Crippen molar-refractivity contribution in [3.05, 3.63) is 30.2 Å². The Bertz CT molecular complexity index is 430. The van der Waals surface area contributed by atoms with E-state index in [2.05, 4.69) is 15.4 Å². The van der Waals surface area contributed by atoms with Crippen LogP contribution in [0.1, 0.15) is 17.4 Å². The Morgan fingerprint density at radius 2 is 2.50 bits per heavy atom. The van der Waals surface area contributed by atoms with Crippen molar-refractivity contribution in [2.24, 2.45) is 0 Å². The predicted octanol–water partition coefficient (Wildman–Crippen LogP) is 0.479. The summed E-state index contributed by atoms with van der Waals surface area (Å²) in [5, 5.41) is 6.75. The van der Waals surface area contributed by atoms with Crippen molar-refractivity contribution in [1.82, 2.24) is 19.9 Å². The third-order valence-electron chi connectivity index (χ3n) is 1.81. The van der Waals surface area contributed by atoms with E-state index in [0.29, 0.717) is 17.9 Å². The maximum absolute atomic E-state index is 11.4. The van der Waals surface area contributed by atoms with Gasteiger partial charge in [0.1, 0.15) is 0 Å². The Labute approximate surface area is 80.8 Å². The molecular formula is C9H10N4O. The second-order valence-electron chi connectivity index (χ2n) is 2.81. The lowest BCUT2D eigenvalue weighted by Gasteiger charge is -1.95. The van der Waals surface area contributed by atoms with Gasteiger partial charge in [-0.1, -0.05) is 0 Å². The maximum Gasteiger partial charge on any atom is 0.271 e. The first-order valence-corrected chi connectivity index (χ1v) is 4.40. The molecule has 0 radical (unpaired) electrons. The van der Waals surface area contributed by atoms with E-state index in [4.69, 9.17) is 0 Å². The highest BCUT2D eigenvalue weighted by Crippen LogP contribution is 2.02. The summed E-state index contributed by atoms with van der Waals surface area (Å²) in [6, 6.07) is 3.42. The van der Waals surface area contributed by atoms with Crippen LogP contribution in [0.5, 0.6) is 0 Å². The molecule has 0 saturated carbocycles. The number of rotatable bonds is 2. The SMILES string of the molecule is CCNC(=O)c1cc2ncccn2n1. The smallest absolute Gasteiger partial charge is 0.271 e. The first-order chi connectivity index (χ1) is 6.81. The van der Waals surface area contributed by atoms with Gasteiger partial charge in [0.05, 0.1) is 0 Å². The zero-order valence-electron chi connectivity index (χ0n) is 7.77. The van der Waals surface area contributed by atoms with Crippen molar-refractivity contribution < 1.29 is 4.79 Å². The van der Waals surface area contributed by atoms with Crippen LogP contribution >= 0.6 is 0 Å². The predicted molar refractivity (Wildman–Crippen MR) is 51.0 cm³/mol. The second-order valence-corrected chi connectivity index (χ2v) is 2.81. The third kappa shape index (κ3) is 1.44. The van der Waals surface area contributed by atoms with E-state index in [1.165, 1.54) is 0 Å². The van der Waals surface area contributed by atoms with Crippen molar-refractivity contribution >= 4 is 11.6 Å². The number of fused-ring (bicyclic) bond motifs is 1. The van der Waals surface area contributed by atoms with E-state index in [9.17, 15) is 4.79 Å². The van der Waals surface area contributed by atoms with Crippen LogP contribution in [0.2, 0.25) is 0 Å². The summed E-state index contributed by atoms with van der Waals surface area (Å²) in [5.41, 5.74) is 1.07. The molecule has 0 spiro atoms. The van der Waals surface area contributed by atoms with Crippen LogP contribution in [0.3, 0.4) is 0 Å². The minimum absolute atomic E-state index is 0.169. The molecule has 2 rings (SSSR count). The van der Waals surface area contributed by atoms with Crippen molar-refractivity contribution in [2.45, 2.75) is 6.92 Å². The van der Waals surface area contributed by atoms with E-state index >= 15 is 0 Å². The van der Waals surface area contributed by atoms with Gasteiger partial charge < -0.3 is 5.32 Å². The lowest BCUT2D eigenvalue weighted by Crippen LogP contribution is -2.23. The Morgan fingerprint density at radius 3 is 3.21 bits per heavy atom. The number of nitrogens with zero attached hydrogens (tertiary/aromatic N) is 3. The van der Waals surface area contributed by atoms with Gasteiger partial charge in [-0.15, -0.1) is 0 Å². The van der Waals surface area contributed by atoms with Gasteiger partial charge in [-0.25, -0.2) is 9.50 Å². The highest BCUT2D eigenvalue weighted by molar-refractivity contribution is 5.93. The minimum Gasteiger partial charge on any atom is -0.351 e. The fourth-order valence-corrected chi connectivity index (χ4v) is 1.19. The molecule has 2 heterocycles. The number of aromatic nitrogens is 3. The van der Waals surface area contributed by atoms with Crippen LogP contribution in [-0.2, 0) is 0 Å². The number of carbonyl (C=O) groups is 1. The molecule has 0 aliphatic rings. The summed E-state index contributed by atoms with van der Waals surface area (Å²) in [5.74, 6) is -0.169. The van der Waals surface area contributed by atoms with Crippen molar-refractivity contribution in [1.29, 1.82) is 0 Å². The summed E-state index contributed by atoms with van der Waals surface area (Å²) in [4.78, 5) is 15.5. The molecule has 0 atom stereocenters. The molecule has 5 heteroatoms. The fourth-order valence-electron chi connectivity index (χ4n) is 1.19. The highest BCUT2D eigenvalue weighted by atomic mass is 16.1. The Morgan fingerprint density at radius 1 is 1.64 bits per heavy atom. The molecular weight excluding hydrogens is 180 g/mol. The molecule has 5 nitrogen and oxygen atoms in total. The number of amides is 1.